The summed E-state index contributed by atoms with van der Waals surface area (Å²) in [5, 5.41) is -0.0742. The molecule has 0 heterocycles. The molecule has 0 spiro atoms. The molecule has 2 N–H and O–H groups in total. The number of hydrogen-bond donors (Lipinski definition) is 1. The van der Waals surface area contributed by atoms with Crippen molar-refractivity contribution in [2.24, 2.45) is 0 Å². The van der Waals surface area contributed by atoms with E-state index in [0.29, 0.717) is 5.75 Å². The van der Waals surface area contributed by atoms with Gasteiger partial charge >= 0.3 is 0 Å². The van der Waals surface area contributed by atoms with Crippen LogP contribution in [0.15, 0.2) is 48.5 Å². The first-order chi connectivity index (χ1) is 8.65. The summed E-state index contributed by atoms with van der Waals surface area (Å²) in [5.41, 5.74) is 8.59. The molecule has 2 aromatic carbocycles. The normalized spacial score (nSPS) is 10.1. The Bertz CT molecular complexity index is 552. The van der Waals surface area contributed by atoms with E-state index in [0.717, 1.165) is 28.9 Å². The second kappa shape index (κ2) is 5.60. The zero-order chi connectivity index (χ0) is 13.0. The zero-order valence-corrected chi connectivity index (χ0v) is 10.7. The largest absolute Gasteiger partial charge is 0.418 e. The highest BCUT2D eigenvalue weighted by Crippen LogP contribution is 2.25. The fraction of sp³-hybridized carbons (Fsp3) is 0.0714. The van der Waals surface area contributed by atoms with Crippen molar-refractivity contribution in [2.45, 2.75) is 6.92 Å². The lowest BCUT2D eigenvalue weighted by atomic mass is 10.1. The third-order valence-electron chi connectivity index (χ3n) is 2.33. The van der Waals surface area contributed by atoms with Crippen molar-refractivity contribution < 1.29 is 8.98 Å². The van der Waals surface area contributed by atoms with Crippen LogP contribution in [0.2, 0.25) is 0 Å². The first-order valence-corrected chi connectivity index (χ1v) is 6.20. The molecular formula is C14H13NO2S. The van der Waals surface area contributed by atoms with Crippen LogP contribution in [0.25, 0.3) is 11.1 Å². The van der Waals surface area contributed by atoms with Crippen molar-refractivity contribution >= 4 is 22.8 Å². The van der Waals surface area contributed by atoms with Gasteiger partial charge in [-0.2, -0.15) is 0 Å². The zero-order valence-electron chi connectivity index (χ0n) is 9.92. The van der Waals surface area contributed by atoms with Gasteiger partial charge in [0.2, 0.25) is 5.12 Å². The first kappa shape index (κ1) is 12.5. The highest BCUT2D eigenvalue weighted by Gasteiger charge is 2.01. The van der Waals surface area contributed by atoms with Crippen LogP contribution in [0.1, 0.15) is 6.92 Å². The van der Waals surface area contributed by atoms with Gasteiger partial charge in [-0.05, 0) is 35.4 Å². The van der Waals surface area contributed by atoms with Crippen LogP contribution in [0.3, 0.4) is 0 Å². The number of benzene rings is 2. The summed E-state index contributed by atoms with van der Waals surface area (Å²) in [6, 6.07) is 15.2. The number of carbonyl (C=O) groups is 1. The van der Waals surface area contributed by atoms with Crippen molar-refractivity contribution in [3.63, 3.8) is 0 Å². The summed E-state index contributed by atoms with van der Waals surface area (Å²) < 4.78 is 5.22. The molecule has 4 heteroatoms. The molecule has 0 saturated carbocycles. The molecule has 92 valence electrons. The van der Waals surface area contributed by atoms with Crippen LogP contribution in [0.4, 0.5) is 5.69 Å². The summed E-state index contributed by atoms with van der Waals surface area (Å²) >= 11 is 0.830. The first-order valence-electron chi connectivity index (χ1n) is 5.46. The van der Waals surface area contributed by atoms with E-state index < -0.39 is 0 Å². The summed E-state index contributed by atoms with van der Waals surface area (Å²) in [6.45, 7) is 1.46. The van der Waals surface area contributed by atoms with Crippen LogP contribution < -0.4 is 9.92 Å². The minimum absolute atomic E-state index is 0.0742. The molecule has 0 fully saturated rings. The molecule has 0 amide bonds. The third-order valence-corrected chi connectivity index (χ3v) is 2.84. The smallest absolute Gasteiger partial charge is 0.224 e. The Labute approximate surface area is 110 Å². The van der Waals surface area contributed by atoms with Gasteiger partial charge in [0.1, 0.15) is 17.8 Å². The molecule has 0 aliphatic heterocycles. The van der Waals surface area contributed by atoms with E-state index in [-0.39, 0.29) is 5.12 Å². The van der Waals surface area contributed by atoms with Crippen molar-refractivity contribution in [1.82, 2.24) is 0 Å². The van der Waals surface area contributed by atoms with Crippen LogP contribution in [0.5, 0.6) is 5.75 Å². The Morgan fingerprint density at radius 3 is 2.44 bits per heavy atom. The second-order valence-corrected chi connectivity index (χ2v) is 4.72. The predicted molar refractivity (Wildman–Crippen MR) is 75.2 cm³/mol. The van der Waals surface area contributed by atoms with Gasteiger partial charge in [0.25, 0.3) is 0 Å². The molecule has 0 saturated heterocycles. The topological polar surface area (TPSA) is 52.3 Å². The van der Waals surface area contributed by atoms with Crippen molar-refractivity contribution in [3.8, 4) is 16.9 Å². The monoisotopic (exact) mass is 259 g/mol. The van der Waals surface area contributed by atoms with Crippen molar-refractivity contribution in [2.75, 3.05) is 5.73 Å². The molecule has 2 rings (SSSR count). The minimum Gasteiger partial charge on any atom is -0.418 e. The Hall–Kier alpha value is -1.94. The van der Waals surface area contributed by atoms with E-state index in [4.69, 9.17) is 9.92 Å². The van der Waals surface area contributed by atoms with Crippen LogP contribution in [0, 0.1) is 0 Å². The molecule has 0 aromatic heterocycles. The van der Waals surface area contributed by atoms with E-state index in [1.54, 1.807) is 0 Å². The van der Waals surface area contributed by atoms with Gasteiger partial charge in [-0.25, -0.2) is 0 Å². The second-order valence-electron chi connectivity index (χ2n) is 3.81. The van der Waals surface area contributed by atoms with Gasteiger partial charge in [-0.15, -0.1) is 0 Å². The van der Waals surface area contributed by atoms with Crippen molar-refractivity contribution in [3.05, 3.63) is 48.5 Å². The number of carbonyl (C=O) groups excluding carboxylic acids is 1. The maximum Gasteiger partial charge on any atom is 0.224 e. The summed E-state index contributed by atoms with van der Waals surface area (Å²) in [6.07, 6.45) is 0. The summed E-state index contributed by atoms with van der Waals surface area (Å²) in [7, 11) is 0. The Morgan fingerprint density at radius 1 is 1.11 bits per heavy atom. The van der Waals surface area contributed by atoms with Gasteiger partial charge < -0.3 is 9.92 Å². The molecule has 2 aromatic rings. The summed E-state index contributed by atoms with van der Waals surface area (Å²) in [5.74, 6) is 0.655. The minimum atomic E-state index is -0.0742. The van der Waals surface area contributed by atoms with E-state index in [1.165, 1.54) is 6.92 Å². The molecule has 0 aliphatic rings. The van der Waals surface area contributed by atoms with E-state index in [2.05, 4.69) is 0 Å². The SMILES string of the molecule is CC(=O)SOc1ccc(-c2cccc(N)c2)cc1. The van der Waals surface area contributed by atoms with Gasteiger partial charge in [0, 0.05) is 12.6 Å². The molecule has 0 aliphatic carbocycles. The van der Waals surface area contributed by atoms with Gasteiger partial charge in [0.15, 0.2) is 0 Å². The number of anilines is 1. The van der Waals surface area contributed by atoms with E-state index in [9.17, 15) is 4.79 Å². The highest BCUT2D eigenvalue weighted by molar-refractivity contribution is 8.09. The lowest BCUT2D eigenvalue weighted by Gasteiger charge is -2.05. The number of hydrogen-bond acceptors (Lipinski definition) is 4. The van der Waals surface area contributed by atoms with E-state index in [1.807, 2.05) is 48.5 Å². The fourth-order valence-corrected chi connectivity index (χ4v) is 1.85. The quantitative estimate of drug-likeness (QED) is 0.677. The maximum atomic E-state index is 10.8. The molecule has 0 atom stereocenters. The molecule has 0 radical (unpaired) electrons. The van der Waals surface area contributed by atoms with Gasteiger partial charge in [-0.1, -0.05) is 24.3 Å². The van der Waals surface area contributed by atoms with Crippen LogP contribution >= 0.6 is 12.0 Å². The van der Waals surface area contributed by atoms with Crippen LogP contribution in [-0.4, -0.2) is 5.12 Å². The molecule has 3 nitrogen and oxygen atoms in total. The van der Waals surface area contributed by atoms with Gasteiger partial charge in [-0.3, -0.25) is 4.79 Å². The third kappa shape index (κ3) is 3.28. The number of nitrogen functional groups attached to an aromatic ring is 1. The van der Waals surface area contributed by atoms with Crippen LogP contribution in [-0.2, 0) is 4.79 Å². The fourth-order valence-electron chi connectivity index (χ4n) is 1.53. The maximum absolute atomic E-state index is 10.8. The predicted octanol–water partition coefficient (Wildman–Crippen LogP) is 3.51. The van der Waals surface area contributed by atoms with Crippen molar-refractivity contribution in [1.29, 1.82) is 0 Å². The summed E-state index contributed by atoms with van der Waals surface area (Å²) in [4.78, 5) is 10.8. The average molecular weight is 259 g/mol. The average Bonchev–Trinajstić information content (AvgIpc) is 2.37. The standard InChI is InChI=1S/C14H13NO2S/c1-10(16)18-17-14-7-5-11(6-8-14)12-3-2-4-13(15)9-12/h2-9H,15H2,1H3. The molecule has 0 unspecified atom stereocenters. The number of nitrogens with two attached hydrogens (primary N) is 1. The van der Waals surface area contributed by atoms with E-state index >= 15 is 0 Å². The molecular weight excluding hydrogens is 246 g/mol. The lowest BCUT2D eigenvalue weighted by Crippen LogP contribution is -1.88. The Balaban J connectivity index is 2.14. The Morgan fingerprint density at radius 2 is 1.83 bits per heavy atom. The highest BCUT2D eigenvalue weighted by atomic mass is 32.2. The number of rotatable bonds is 3. The lowest BCUT2D eigenvalue weighted by molar-refractivity contribution is -0.109. The Kier molecular flexibility index (Phi) is 3.89. The van der Waals surface area contributed by atoms with Gasteiger partial charge in [0.05, 0.1) is 0 Å². The molecule has 18 heavy (non-hydrogen) atoms. The molecule has 0 bridgehead atoms.